The Kier molecular flexibility index (Phi) is 5.90. The van der Waals surface area contributed by atoms with Crippen LogP contribution in [0.1, 0.15) is 45.8 Å². The average molecular weight is 409 g/mol. The maximum absolute atomic E-state index is 13.1. The highest BCUT2D eigenvalue weighted by Gasteiger charge is 2.24. The largest absolute Gasteiger partial charge is 0.452 e. The second-order valence-electron chi connectivity index (χ2n) is 7.40. The summed E-state index contributed by atoms with van der Waals surface area (Å²) in [6.07, 6.45) is 4.95. The Hall–Kier alpha value is -2.73. The molecule has 6 heteroatoms. The fourth-order valence-corrected chi connectivity index (χ4v) is 4.57. The first-order valence-corrected chi connectivity index (χ1v) is 10.9. The number of thiophene rings is 1. The molecule has 0 radical (unpaired) electrons. The molecule has 0 saturated heterocycles. The van der Waals surface area contributed by atoms with Crippen LogP contribution < -0.4 is 0 Å². The molecule has 29 heavy (non-hydrogen) atoms. The molecule has 2 heterocycles. The number of carbonyl (C=O) groups excluding carboxylic acids is 2. The standard InChI is InChI=1S/C23H24N2O3S/c1-25(14-16-8-7-13-29-16)21(26)15-28-23(27)22-17-9-3-2-4-11-19(17)24-20-12-6-5-10-18(20)22/h5-8,10,12-13H,2-4,9,11,14-15H2,1H3. The van der Waals surface area contributed by atoms with E-state index in [2.05, 4.69) is 0 Å². The third-order valence-electron chi connectivity index (χ3n) is 5.35. The van der Waals surface area contributed by atoms with Crippen LogP contribution in [-0.4, -0.2) is 35.4 Å². The Labute approximate surface area is 174 Å². The van der Waals surface area contributed by atoms with Crippen molar-refractivity contribution in [2.24, 2.45) is 0 Å². The van der Waals surface area contributed by atoms with Gasteiger partial charge in [-0.15, -0.1) is 11.3 Å². The first kappa shape index (κ1) is 19.6. The number of hydrogen-bond acceptors (Lipinski definition) is 5. The van der Waals surface area contributed by atoms with E-state index in [0.717, 1.165) is 59.1 Å². The molecule has 0 fully saturated rings. The van der Waals surface area contributed by atoms with E-state index in [9.17, 15) is 9.59 Å². The minimum atomic E-state index is -0.431. The minimum absolute atomic E-state index is 0.212. The normalized spacial score (nSPS) is 13.6. The number of benzene rings is 1. The number of amides is 1. The van der Waals surface area contributed by atoms with Gasteiger partial charge in [-0.3, -0.25) is 9.78 Å². The van der Waals surface area contributed by atoms with Crippen molar-refractivity contribution in [2.45, 2.75) is 38.6 Å². The molecule has 4 rings (SSSR count). The highest BCUT2D eigenvalue weighted by atomic mass is 32.1. The summed E-state index contributed by atoms with van der Waals surface area (Å²) in [5.74, 6) is -0.643. The van der Waals surface area contributed by atoms with Gasteiger partial charge in [0.15, 0.2) is 6.61 Å². The lowest BCUT2D eigenvalue weighted by molar-refractivity contribution is -0.133. The van der Waals surface area contributed by atoms with E-state index < -0.39 is 5.97 Å². The molecule has 3 aromatic rings. The lowest BCUT2D eigenvalue weighted by Gasteiger charge is -2.18. The van der Waals surface area contributed by atoms with Crippen LogP contribution in [-0.2, 0) is 28.9 Å². The molecule has 1 amide bonds. The molecule has 5 nitrogen and oxygen atoms in total. The number of hydrogen-bond donors (Lipinski definition) is 0. The maximum atomic E-state index is 13.1. The molecular weight excluding hydrogens is 384 g/mol. The number of fused-ring (bicyclic) bond motifs is 2. The van der Waals surface area contributed by atoms with E-state index in [-0.39, 0.29) is 12.5 Å². The van der Waals surface area contributed by atoms with E-state index in [4.69, 9.17) is 9.72 Å². The van der Waals surface area contributed by atoms with Gasteiger partial charge in [0.2, 0.25) is 0 Å². The van der Waals surface area contributed by atoms with E-state index in [1.165, 1.54) is 0 Å². The summed E-state index contributed by atoms with van der Waals surface area (Å²) in [4.78, 5) is 33.0. The number of esters is 1. The smallest absolute Gasteiger partial charge is 0.339 e. The molecule has 0 aliphatic heterocycles. The molecule has 0 saturated carbocycles. The van der Waals surface area contributed by atoms with Crippen LogP contribution in [0.25, 0.3) is 10.9 Å². The van der Waals surface area contributed by atoms with Crippen LogP contribution in [0.2, 0.25) is 0 Å². The second kappa shape index (κ2) is 8.74. The third kappa shape index (κ3) is 4.32. The monoisotopic (exact) mass is 408 g/mol. The predicted octanol–water partition coefficient (Wildman–Crippen LogP) is 4.38. The number of aromatic nitrogens is 1. The maximum Gasteiger partial charge on any atom is 0.339 e. The Morgan fingerprint density at radius 2 is 1.93 bits per heavy atom. The van der Waals surface area contributed by atoms with E-state index in [1.54, 1.807) is 23.3 Å². The number of ether oxygens (including phenoxy) is 1. The molecule has 2 aromatic heterocycles. The summed E-state index contributed by atoms with van der Waals surface area (Å²) < 4.78 is 5.49. The Morgan fingerprint density at radius 3 is 2.76 bits per heavy atom. The van der Waals surface area contributed by atoms with Crippen LogP contribution in [0.5, 0.6) is 0 Å². The topological polar surface area (TPSA) is 59.5 Å². The van der Waals surface area contributed by atoms with Crippen LogP contribution in [0.15, 0.2) is 41.8 Å². The molecule has 0 unspecified atom stereocenters. The Bertz CT molecular complexity index is 1030. The van der Waals surface area contributed by atoms with Crippen LogP contribution in [0, 0.1) is 0 Å². The summed E-state index contributed by atoms with van der Waals surface area (Å²) in [6, 6.07) is 11.6. The molecule has 0 atom stereocenters. The fourth-order valence-electron chi connectivity index (χ4n) is 3.82. The average Bonchev–Trinajstić information content (AvgIpc) is 3.13. The highest BCUT2D eigenvalue weighted by Crippen LogP contribution is 2.29. The molecule has 0 bridgehead atoms. The number of pyridine rings is 1. The molecular formula is C23H24N2O3S. The number of carbonyl (C=O) groups is 2. The van der Waals surface area contributed by atoms with Gasteiger partial charge in [-0.25, -0.2) is 4.79 Å². The van der Waals surface area contributed by atoms with Crippen LogP contribution >= 0.6 is 11.3 Å². The second-order valence-corrected chi connectivity index (χ2v) is 8.43. The zero-order valence-electron chi connectivity index (χ0n) is 16.5. The van der Waals surface area contributed by atoms with E-state index in [1.807, 2.05) is 41.8 Å². The van der Waals surface area contributed by atoms with Gasteiger partial charge in [0.1, 0.15) is 0 Å². The van der Waals surface area contributed by atoms with Crippen molar-refractivity contribution in [3.8, 4) is 0 Å². The van der Waals surface area contributed by atoms with Crippen molar-refractivity contribution in [2.75, 3.05) is 13.7 Å². The number of para-hydroxylation sites is 1. The number of likely N-dealkylation sites (N-methyl/N-ethyl adjacent to an activating group) is 1. The number of nitrogens with zero attached hydrogens (tertiary/aromatic N) is 2. The van der Waals surface area contributed by atoms with Gasteiger partial charge in [0.25, 0.3) is 5.91 Å². The Morgan fingerprint density at radius 1 is 1.10 bits per heavy atom. The fraction of sp³-hybridized carbons (Fsp3) is 0.348. The zero-order chi connectivity index (χ0) is 20.2. The van der Waals surface area contributed by atoms with Gasteiger partial charge >= 0.3 is 5.97 Å². The third-order valence-corrected chi connectivity index (χ3v) is 6.21. The van der Waals surface area contributed by atoms with Crippen molar-refractivity contribution >= 4 is 34.1 Å². The lowest BCUT2D eigenvalue weighted by atomic mass is 9.97. The number of rotatable bonds is 5. The summed E-state index contributed by atoms with van der Waals surface area (Å²) >= 11 is 1.60. The van der Waals surface area contributed by atoms with Gasteiger partial charge < -0.3 is 9.64 Å². The van der Waals surface area contributed by atoms with E-state index in [0.29, 0.717) is 12.1 Å². The quantitative estimate of drug-likeness (QED) is 0.464. The molecule has 1 aliphatic carbocycles. The summed E-state index contributed by atoms with van der Waals surface area (Å²) in [5.41, 5.74) is 3.38. The van der Waals surface area contributed by atoms with E-state index >= 15 is 0 Å². The van der Waals surface area contributed by atoms with Gasteiger partial charge in [0, 0.05) is 23.0 Å². The van der Waals surface area contributed by atoms with Crippen molar-refractivity contribution in [3.63, 3.8) is 0 Å². The van der Waals surface area contributed by atoms with Gasteiger partial charge in [-0.1, -0.05) is 30.7 Å². The molecule has 1 aliphatic rings. The van der Waals surface area contributed by atoms with Crippen molar-refractivity contribution in [1.82, 2.24) is 9.88 Å². The van der Waals surface area contributed by atoms with Gasteiger partial charge in [-0.2, -0.15) is 0 Å². The van der Waals surface area contributed by atoms with Crippen molar-refractivity contribution in [1.29, 1.82) is 0 Å². The summed E-state index contributed by atoms with van der Waals surface area (Å²) in [5, 5.41) is 2.78. The first-order valence-electron chi connectivity index (χ1n) is 9.97. The SMILES string of the molecule is CN(Cc1cccs1)C(=O)COC(=O)c1c2c(nc3ccccc13)CCCCC2. The predicted molar refractivity (Wildman–Crippen MR) is 114 cm³/mol. The molecule has 150 valence electrons. The zero-order valence-corrected chi connectivity index (χ0v) is 17.3. The number of aryl methyl sites for hydroxylation is 1. The van der Waals surface area contributed by atoms with Crippen LogP contribution in [0.3, 0.4) is 0 Å². The summed E-state index contributed by atoms with van der Waals surface area (Å²) in [7, 11) is 1.73. The first-order chi connectivity index (χ1) is 14.1. The molecule has 1 aromatic carbocycles. The Balaban J connectivity index is 1.55. The minimum Gasteiger partial charge on any atom is -0.452 e. The summed E-state index contributed by atoms with van der Waals surface area (Å²) in [6.45, 7) is 0.258. The van der Waals surface area contributed by atoms with Crippen molar-refractivity contribution in [3.05, 3.63) is 63.5 Å². The van der Waals surface area contributed by atoms with Crippen molar-refractivity contribution < 1.29 is 14.3 Å². The molecule has 0 N–H and O–H groups in total. The highest BCUT2D eigenvalue weighted by molar-refractivity contribution is 7.09. The van der Waals surface area contributed by atoms with Gasteiger partial charge in [-0.05, 0) is 48.8 Å². The van der Waals surface area contributed by atoms with Crippen LogP contribution in [0.4, 0.5) is 0 Å². The lowest BCUT2D eigenvalue weighted by Crippen LogP contribution is -2.30. The van der Waals surface area contributed by atoms with Gasteiger partial charge in [0.05, 0.1) is 17.6 Å². The molecule has 0 spiro atoms.